The first-order valence-corrected chi connectivity index (χ1v) is 5.19. The van der Waals surface area contributed by atoms with Gasteiger partial charge in [-0.2, -0.15) is 0 Å². The molecule has 2 nitrogen and oxygen atoms in total. The van der Waals surface area contributed by atoms with E-state index in [1.807, 2.05) is 13.8 Å². The second-order valence-electron chi connectivity index (χ2n) is 3.66. The Morgan fingerprint density at radius 3 is 2.29 bits per heavy atom. The van der Waals surface area contributed by atoms with E-state index in [0.717, 1.165) is 5.56 Å². The fourth-order valence-electron chi connectivity index (χ4n) is 1.24. The Morgan fingerprint density at radius 2 is 1.79 bits per heavy atom. The summed E-state index contributed by atoms with van der Waals surface area (Å²) in [6, 6.07) is 3.26. The zero-order valence-corrected chi connectivity index (χ0v) is 9.73. The van der Waals surface area contributed by atoms with Gasteiger partial charge in [-0.05, 0) is 23.6 Å². The van der Waals surface area contributed by atoms with Crippen molar-refractivity contribution < 1.29 is 0 Å². The molecule has 4 heteroatoms. The quantitative estimate of drug-likeness (QED) is 0.770. The van der Waals surface area contributed by atoms with E-state index >= 15 is 0 Å². The summed E-state index contributed by atoms with van der Waals surface area (Å²) in [6.45, 7) is 4.05. The highest BCUT2D eigenvalue weighted by Gasteiger charge is 2.15. The SMILES string of the molecule is CC(C)[C@@H](N)c1cc(Cl)cc(Cl)c1N. The van der Waals surface area contributed by atoms with Crippen LogP contribution in [0, 0.1) is 5.92 Å². The molecule has 0 radical (unpaired) electrons. The lowest BCUT2D eigenvalue weighted by atomic mass is 9.96. The van der Waals surface area contributed by atoms with E-state index in [-0.39, 0.29) is 6.04 Å². The van der Waals surface area contributed by atoms with Gasteiger partial charge in [-0.1, -0.05) is 37.0 Å². The molecular formula is C10H14Cl2N2. The van der Waals surface area contributed by atoms with E-state index in [1.165, 1.54) is 0 Å². The fourth-order valence-corrected chi connectivity index (χ4v) is 1.75. The molecule has 4 N–H and O–H groups in total. The number of hydrogen-bond acceptors (Lipinski definition) is 2. The van der Waals surface area contributed by atoms with Crippen molar-refractivity contribution in [2.45, 2.75) is 19.9 Å². The van der Waals surface area contributed by atoms with Crippen molar-refractivity contribution in [1.29, 1.82) is 0 Å². The van der Waals surface area contributed by atoms with Gasteiger partial charge in [0.2, 0.25) is 0 Å². The van der Waals surface area contributed by atoms with Crippen molar-refractivity contribution in [3.05, 3.63) is 27.7 Å². The maximum atomic E-state index is 5.98. The van der Waals surface area contributed by atoms with Crippen LogP contribution in [0.2, 0.25) is 10.0 Å². The molecule has 0 saturated carbocycles. The first kappa shape index (κ1) is 11.6. The summed E-state index contributed by atoms with van der Waals surface area (Å²) in [5.74, 6) is 0.298. The Kier molecular flexibility index (Phi) is 3.65. The molecule has 1 aromatic carbocycles. The molecule has 0 bridgehead atoms. The van der Waals surface area contributed by atoms with E-state index in [9.17, 15) is 0 Å². The lowest BCUT2D eigenvalue weighted by Crippen LogP contribution is -2.18. The third-order valence-corrected chi connectivity index (χ3v) is 2.73. The second-order valence-corrected chi connectivity index (χ2v) is 4.50. The Morgan fingerprint density at radius 1 is 1.21 bits per heavy atom. The summed E-state index contributed by atoms with van der Waals surface area (Å²) in [4.78, 5) is 0. The normalized spacial score (nSPS) is 13.3. The smallest absolute Gasteiger partial charge is 0.0653 e. The van der Waals surface area contributed by atoms with Crippen molar-refractivity contribution in [2.24, 2.45) is 11.7 Å². The summed E-state index contributed by atoms with van der Waals surface area (Å²) < 4.78 is 0. The molecule has 0 fully saturated rings. The average molecular weight is 233 g/mol. The summed E-state index contributed by atoms with van der Waals surface area (Å²) in [5.41, 5.74) is 13.1. The van der Waals surface area contributed by atoms with Gasteiger partial charge in [0.25, 0.3) is 0 Å². The Bertz CT molecular complexity index is 337. The van der Waals surface area contributed by atoms with Crippen LogP contribution in [0.5, 0.6) is 0 Å². The molecule has 0 aliphatic carbocycles. The van der Waals surface area contributed by atoms with E-state index < -0.39 is 0 Å². The Hall–Kier alpha value is -0.440. The van der Waals surface area contributed by atoms with Gasteiger partial charge in [-0.3, -0.25) is 0 Å². The molecule has 0 unspecified atom stereocenters. The molecule has 1 aromatic rings. The van der Waals surface area contributed by atoms with Crippen molar-refractivity contribution >= 4 is 28.9 Å². The zero-order valence-electron chi connectivity index (χ0n) is 8.22. The van der Waals surface area contributed by atoms with Crippen LogP contribution in [0.4, 0.5) is 5.69 Å². The molecule has 0 amide bonds. The van der Waals surface area contributed by atoms with Crippen LogP contribution in [0.1, 0.15) is 25.5 Å². The summed E-state index contributed by atoms with van der Waals surface area (Å²) in [5, 5.41) is 1.03. The number of nitrogens with two attached hydrogens (primary N) is 2. The molecule has 0 aliphatic rings. The van der Waals surface area contributed by atoms with Gasteiger partial charge >= 0.3 is 0 Å². The molecule has 1 rings (SSSR count). The minimum Gasteiger partial charge on any atom is -0.397 e. The van der Waals surface area contributed by atoms with E-state index in [2.05, 4.69) is 0 Å². The second kappa shape index (κ2) is 4.39. The van der Waals surface area contributed by atoms with Crippen molar-refractivity contribution in [1.82, 2.24) is 0 Å². The molecule has 14 heavy (non-hydrogen) atoms. The minimum absolute atomic E-state index is 0.133. The van der Waals surface area contributed by atoms with Crippen LogP contribution < -0.4 is 11.5 Å². The molecular weight excluding hydrogens is 219 g/mol. The predicted octanol–water partition coefficient (Wildman–Crippen LogP) is 3.23. The summed E-state index contributed by atoms with van der Waals surface area (Å²) >= 11 is 11.8. The lowest BCUT2D eigenvalue weighted by Gasteiger charge is -2.19. The van der Waals surface area contributed by atoms with Gasteiger partial charge < -0.3 is 11.5 Å². The molecule has 0 aliphatic heterocycles. The van der Waals surface area contributed by atoms with Gasteiger partial charge in [0.05, 0.1) is 10.7 Å². The van der Waals surface area contributed by atoms with Gasteiger partial charge in [0, 0.05) is 11.1 Å². The third-order valence-electron chi connectivity index (χ3n) is 2.20. The standard InChI is InChI=1S/C10H14Cl2N2/c1-5(2)9(13)7-3-6(11)4-8(12)10(7)14/h3-5,9H,13-14H2,1-2H3/t9-/m1/s1. The topological polar surface area (TPSA) is 52.0 Å². The lowest BCUT2D eigenvalue weighted by molar-refractivity contribution is 0.515. The average Bonchev–Trinajstić information content (AvgIpc) is 2.09. The van der Waals surface area contributed by atoms with Gasteiger partial charge in [-0.15, -0.1) is 0 Å². The summed E-state index contributed by atoms with van der Waals surface area (Å²) in [6.07, 6.45) is 0. The number of benzene rings is 1. The number of halogens is 2. The van der Waals surface area contributed by atoms with Crippen molar-refractivity contribution in [2.75, 3.05) is 5.73 Å². The first-order chi connectivity index (χ1) is 6.43. The van der Waals surface area contributed by atoms with E-state index in [0.29, 0.717) is 21.7 Å². The fraction of sp³-hybridized carbons (Fsp3) is 0.400. The Balaban J connectivity index is 3.20. The largest absolute Gasteiger partial charge is 0.397 e. The number of nitrogen functional groups attached to an aromatic ring is 1. The predicted molar refractivity (Wildman–Crippen MR) is 62.6 cm³/mol. The molecule has 0 aromatic heterocycles. The summed E-state index contributed by atoms with van der Waals surface area (Å²) in [7, 11) is 0. The third kappa shape index (κ3) is 2.32. The Labute approximate surface area is 94.2 Å². The van der Waals surface area contributed by atoms with Crippen LogP contribution in [-0.4, -0.2) is 0 Å². The van der Waals surface area contributed by atoms with Gasteiger partial charge in [-0.25, -0.2) is 0 Å². The van der Waals surface area contributed by atoms with Crippen molar-refractivity contribution in [3.63, 3.8) is 0 Å². The maximum Gasteiger partial charge on any atom is 0.0653 e. The number of hydrogen-bond donors (Lipinski definition) is 2. The maximum absolute atomic E-state index is 5.98. The minimum atomic E-state index is -0.133. The molecule has 1 atom stereocenters. The monoisotopic (exact) mass is 232 g/mol. The highest BCUT2D eigenvalue weighted by molar-refractivity contribution is 6.36. The highest BCUT2D eigenvalue weighted by Crippen LogP contribution is 2.33. The molecule has 78 valence electrons. The van der Waals surface area contributed by atoms with Crippen molar-refractivity contribution in [3.8, 4) is 0 Å². The van der Waals surface area contributed by atoms with Crippen LogP contribution in [0.25, 0.3) is 0 Å². The molecule has 0 saturated heterocycles. The van der Waals surface area contributed by atoms with Crippen LogP contribution in [0.15, 0.2) is 12.1 Å². The zero-order chi connectivity index (χ0) is 10.9. The van der Waals surface area contributed by atoms with E-state index in [1.54, 1.807) is 12.1 Å². The van der Waals surface area contributed by atoms with Crippen LogP contribution >= 0.6 is 23.2 Å². The molecule has 0 spiro atoms. The molecule has 0 heterocycles. The van der Waals surface area contributed by atoms with Gasteiger partial charge in [0.1, 0.15) is 0 Å². The first-order valence-electron chi connectivity index (χ1n) is 4.43. The van der Waals surface area contributed by atoms with E-state index in [4.69, 9.17) is 34.7 Å². The van der Waals surface area contributed by atoms with Crippen LogP contribution in [-0.2, 0) is 0 Å². The number of rotatable bonds is 2. The van der Waals surface area contributed by atoms with Gasteiger partial charge in [0.15, 0.2) is 0 Å². The van der Waals surface area contributed by atoms with Crippen LogP contribution in [0.3, 0.4) is 0 Å². The highest BCUT2D eigenvalue weighted by atomic mass is 35.5. The number of anilines is 1.